The van der Waals surface area contributed by atoms with E-state index in [2.05, 4.69) is 61.7 Å². The molecule has 0 saturated carbocycles. The van der Waals surface area contributed by atoms with Crippen LogP contribution in [-0.2, 0) is 34.5 Å². The van der Waals surface area contributed by atoms with Crippen molar-refractivity contribution in [1.82, 2.24) is 43.6 Å². The summed E-state index contributed by atoms with van der Waals surface area (Å²) in [6.45, 7) is 16.9. The minimum absolute atomic E-state index is 0.119. The third-order valence-electron chi connectivity index (χ3n) is 17.1. The normalized spacial score (nSPS) is 18.9. The van der Waals surface area contributed by atoms with Gasteiger partial charge in [0.05, 0.1) is 19.2 Å². The molecular formula is C63H74N10O8. The zero-order valence-electron chi connectivity index (χ0n) is 47.4. The molecule has 0 aliphatic carbocycles. The van der Waals surface area contributed by atoms with Crippen molar-refractivity contribution in [2.45, 2.75) is 103 Å². The maximum atomic E-state index is 13.8. The Bertz CT molecular complexity index is 3470. The number of aryl methyl sites for hydroxylation is 1. The highest BCUT2D eigenvalue weighted by atomic mass is 16.6. The molecule has 7 aromatic rings. The van der Waals surface area contributed by atoms with Gasteiger partial charge in [0.2, 0.25) is 5.91 Å². The third kappa shape index (κ3) is 12.2. The lowest BCUT2D eigenvalue weighted by atomic mass is 9.88. The first-order chi connectivity index (χ1) is 39.0. The van der Waals surface area contributed by atoms with E-state index < -0.39 is 29.4 Å². The lowest BCUT2D eigenvalue weighted by Gasteiger charge is -2.39. The quantitative estimate of drug-likeness (QED) is 0.102. The molecule has 4 amide bonds. The van der Waals surface area contributed by atoms with E-state index in [9.17, 15) is 24.0 Å². The molecule has 2 atom stereocenters. The van der Waals surface area contributed by atoms with Gasteiger partial charge < -0.3 is 28.3 Å². The minimum atomic E-state index is -0.827. The molecule has 424 valence electrons. The third-order valence-corrected chi connectivity index (χ3v) is 17.1. The number of piperazine rings is 1. The number of rotatable bonds is 14. The Morgan fingerprint density at radius 2 is 1.49 bits per heavy atom. The van der Waals surface area contributed by atoms with Gasteiger partial charge in [-0.2, -0.15) is 0 Å². The first-order valence-corrected chi connectivity index (χ1v) is 28.7. The molecule has 0 radical (unpaired) electrons. The summed E-state index contributed by atoms with van der Waals surface area (Å²) in [5.74, 6) is 0.943. The highest BCUT2D eigenvalue weighted by molar-refractivity contribution is 6.00. The molecule has 3 aromatic carbocycles. The average Bonchev–Trinajstić information content (AvgIpc) is 4.22. The molecule has 4 saturated heterocycles. The summed E-state index contributed by atoms with van der Waals surface area (Å²) >= 11 is 0. The van der Waals surface area contributed by atoms with Gasteiger partial charge in [-0.05, 0) is 168 Å². The molecule has 0 spiro atoms. The number of carbonyl (C=O) groups is 4. The Morgan fingerprint density at radius 3 is 2.19 bits per heavy atom. The number of aromatic nitrogens is 4. The van der Waals surface area contributed by atoms with Crippen LogP contribution in [0.25, 0.3) is 33.3 Å². The highest BCUT2D eigenvalue weighted by Crippen LogP contribution is 2.37. The van der Waals surface area contributed by atoms with Crippen LogP contribution in [0.2, 0.25) is 0 Å². The number of carbonyl (C=O) groups excluding carboxylic acids is 4. The molecule has 4 aliphatic heterocycles. The van der Waals surface area contributed by atoms with Gasteiger partial charge >= 0.3 is 11.8 Å². The fourth-order valence-electron chi connectivity index (χ4n) is 12.5. The summed E-state index contributed by atoms with van der Waals surface area (Å²) in [6.07, 6.45) is 7.53. The summed E-state index contributed by atoms with van der Waals surface area (Å²) in [4.78, 5) is 86.2. The number of hydrogen-bond acceptors (Lipinski definition) is 13. The summed E-state index contributed by atoms with van der Waals surface area (Å²) in [7, 11) is 3.67. The number of nitrogens with zero attached hydrogens (tertiary/aromatic N) is 9. The lowest BCUT2D eigenvalue weighted by molar-refractivity contribution is -0.151. The monoisotopic (exact) mass is 1100 g/mol. The van der Waals surface area contributed by atoms with Gasteiger partial charge in [-0.15, -0.1) is 0 Å². The SMILES string of the molecule is COc1ccc(CN2C(=O)CCC(n3c(=O)oc4cc(CN5CCN(CC6CCN(C(=O)c7ccc(C8CCN([C@@H](C)c9cc%10c(-c%11ccc(NC(=O)OC(C)(C)C)nc%11)ccnc%10n9C)CC8)cc7)CC6)CC5)ccc43)C2=O)cc1. The second kappa shape index (κ2) is 23.4. The molecule has 81 heavy (non-hydrogen) atoms. The van der Waals surface area contributed by atoms with E-state index in [0.717, 1.165) is 130 Å². The maximum absolute atomic E-state index is 13.8. The van der Waals surface area contributed by atoms with Gasteiger partial charge in [0, 0.05) is 106 Å². The van der Waals surface area contributed by atoms with Crippen molar-refractivity contribution in [2.24, 2.45) is 13.0 Å². The predicted molar refractivity (Wildman–Crippen MR) is 310 cm³/mol. The van der Waals surface area contributed by atoms with Gasteiger partial charge in [0.15, 0.2) is 5.58 Å². The predicted octanol–water partition coefficient (Wildman–Crippen LogP) is 9.40. The first-order valence-electron chi connectivity index (χ1n) is 28.7. The summed E-state index contributed by atoms with van der Waals surface area (Å²) in [5.41, 5.74) is 8.35. The van der Waals surface area contributed by atoms with Crippen LogP contribution in [0.15, 0.2) is 113 Å². The Labute approximate surface area is 472 Å². The molecule has 4 fully saturated rings. The average molecular weight is 1100 g/mol. The van der Waals surface area contributed by atoms with Crippen LogP contribution in [0.5, 0.6) is 5.75 Å². The fraction of sp³-hybridized carbons (Fsp3) is 0.444. The van der Waals surface area contributed by atoms with Crippen LogP contribution in [0.4, 0.5) is 10.6 Å². The second-order valence-electron chi connectivity index (χ2n) is 23.5. The van der Waals surface area contributed by atoms with Crippen LogP contribution in [0, 0.1) is 5.92 Å². The van der Waals surface area contributed by atoms with E-state index in [-0.39, 0.29) is 37.2 Å². The number of anilines is 1. The summed E-state index contributed by atoms with van der Waals surface area (Å²) < 4.78 is 20.0. The number of piperidine rings is 3. The molecule has 18 nitrogen and oxygen atoms in total. The molecular weight excluding hydrogens is 1020 g/mol. The number of imide groups is 1. The molecule has 4 aliphatic rings. The van der Waals surface area contributed by atoms with Crippen molar-refractivity contribution in [3.63, 3.8) is 0 Å². The standard InChI is InChI=1S/C63H74N10O8/c1-41(54-36-51-50(21-26-64-58(51)67(54)5)48-14-19-56(65-37-48)66-61(77)81-63(2,3)4)70-29-24-46(25-30-70)45-10-12-47(13-11-45)59(75)71-27-22-43(23-28-71)38-68-31-33-69(34-32-68)39-44-9-17-52-55(35-44)80-62(78)73(52)53-18-20-57(74)72(60(53)76)40-42-7-15-49(79-6)16-8-42/h7-17,19,21,26,35-37,41,43,46,53H,18,20,22-25,27-34,38-40H2,1-6H3,(H,65,66,77)/t41-,53?/m0/s1. The maximum Gasteiger partial charge on any atom is 0.420 e. The van der Waals surface area contributed by atoms with E-state index in [0.29, 0.717) is 34.5 Å². The number of fused-ring (bicyclic) bond motifs is 2. The number of benzene rings is 3. The molecule has 0 bridgehead atoms. The van der Waals surface area contributed by atoms with Crippen LogP contribution in [0.1, 0.15) is 117 Å². The number of amides is 4. The van der Waals surface area contributed by atoms with Crippen molar-refractivity contribution in [3.05, 3.63) is 142 Å². The number of nitrogens with one attached hydrogen (secondary N) is 1. The highest BCUT2D eigenvalue weighted by Gasteiger charge is 2.38. The molecule has 8 heterocycles. The zero-order valence-corrected chi connectivity index (χ0v) is 47.4. The van der Waals surface area contributed by atoms with Crippen LogP contribution < -0.4 is 15.8 Å². The topological polar surface area (TPSA) is 181 Å². The summed E-state index contributed by atoms with van der Waals surface area (Å²) in [5, 5.41) is 3.77. The number of oxazole rings is 1. The second-order valence-corrected chi connectivity index (χ2v) is 23.5. The lowest BCUT2D eigenvalue weighted by Crippen LogP contribution is -2.48. The van der Waals surface area contributed by atoms with Gasteiger partial charge in [-0.3, -0.25) is 39.0 Å². The Balaban J connectivity index is 0.615. The summed E-state index contributed by atoms with van der Waals surface area (Å²) in [6, 6.07) is 28.8. The molecule has 1 unspecified atom stereocenters. The van der Waals surface area contributed by atoms with Gasteiger partial charge in [-0.1, -0.05) is 30.3 Å². The van der Waals surface area contributed by atoms with Crippen LogP contribution in [-0.4, -0.2) is 139 Å². The van der Waals surface area contributed by atoms with E-state index in [1.807, 2.05) is 86.5 Å². The van der Waals surface area contributed by atoms with Gasteiger partial charge in [0.25, 0.3) is 11.8 Å². The fourth-order valence-corrected chi connectivity index (χ4v) is 12.5. The van der Waals surface area contributed by atoms with Crippen LogP contribution >= 0.6 is 0 Å². The van der Waals surface area contributed by atoms with Crippen LogP contribution in [0.3, 0.4) is 0 Å². The molecule has 4 aromatic heterocycles. The van der Waals surface area contributed by atoms with E-state index in [1.54, 1.807) is 31.5 Å². The smallest absolute Gasteiger partial charge is 0.420 e. The number of likely N-dealkylation sites (tertiary alicyclic amines) is 3. The van der Waals surface area contributed by atoms with Crippen molar-refractivity contribution in [1.29, 1.82) is 0 Å². The van der Waals surface area contributed by atoms with E-state index >= 15 is 0 Å². The molecule has 18 heteroatoms. The minimum Gasteiger partial charge on any atom is -0.497 e. The van der Waals surface area contributed by atoms with Crippen molar-refractivity contribution in [3.8, 4) is 16.9 Å². The number of ether oxygens (including phenoxy) is 2. The molecule has 1 N–H and O–H groups in total. The van der Waals surface area contributed by atoms with Crippen molar-refractivity contribution in [2.75, 3.05) is 71.3 Å². The Morgan fingerprint density at radius 1 is 0.778 bits per heavy atom. The molecule has 11 rings (SSSR count). The number of pyridine rings is 2. The Kier molecular flexibility index (Phi) is 16.0. The van der Waals surface area contributed by atoms with Crippen molar-refractivity contribution < 1.29 is 33.1 Å². The van der Waals surface area contributed by atoms with Gasteiger partial charge in [0.1, 0.15) is 28.9 Å². The van der Waals surface area contributed by atoms with E-state index in [1.165, 1.54) is 20.7 Å². The largest absolute Gasteiger partial charge is 0.497 e. The van der Waals surface area contributed by atoms with E-state index in [4.69, 9.17) is 18.9 Å². The number of hydrogen-bond donors (Lipinski definition) is 1. The van der Waals surface area contributed by atoms with Gasteiger partial charge in [-0.25, -0.2) is 19.6 Å². The zero-order chi connectivity index (χ0) is 56.5. The van der Waals surface area contributed by atoms with Crippen molar-refractivity contribution >= 4 is 51.8 Å². The first kappa shape index (κ1) is 55.2. The number of methoxy groups -OCH3 is 1. The Hall–Kier alpha value is -7.67.